The van der Waals surface area contributed by atoms with Gasteiger partial charge in [-0.15, -0.1) is 0 Å². The number of rotatable bonds is 2. The zero-order valence-corrected chi connectivity index (χ0v) is 10.5. The Morgan fingerprint density at radius 3 is 2.73 bits per heavy atom. The van der Waals surface area contributed by atoms with Crippen LogP contribution in [-0.2, 0) is 6.54 Å². The number of carbonyl (C=O) groups is 1. The Balaban J connectivity index is 2.69. The first kappa shape index (κ1) is 10.5. The van der Waals surface area contributed by atoms with Gasteiger partial charge in [0, 0.05) is 15.7 Å². The van der Waals surface area contributed by atoms with Crippen LogP contribution in [0, 0.1) is 3.57 Å². The zero-order chi connectivity index (χ0) is 11.0. The van der Waals surface area contributed by atoms with E-state index < -0.39 is 0 Å². The van der Waals surface area contributed by atoms with Crippen molar-refractivity contribution < 1.29 is 14.3 Å². The number of hydrogen-bond acceptors (Lipinski definition) is 3. The van der Waals surface area contributed by atoms with Gasteiger partial charge in [0.1, 0.15) is 0 Å². The number of hydrogen-bond donors (Lipinski definition) is 1. The maximum Gasteiger partial charge on any atom is 0.253 e. The van der Waals surface area contributed by atoms with Gasteiger partial charge in [0.15, 0.2) is 11.5 Å². The van der Waals surface area contributed by atoms with Crippen molar-refractivity contribution in [1.29, 1.82) is 0 Å². The van der Waals surface area contributed by atoms with Gasteiger partial charge < -0.3 is 14.8 Å². The average molecular weight is 319 g/mol. The highest BCUT2D eigenvalue weighted by molar-refractivity contribution is 14.1. The number of ether oxygens (including phenoxy) is 2. The molecule has 0 spiro atoms. The van der Waals surface area contributed by atoms with Crippen LogP contribution in [0.25, 0.3) is 0 Å². The zero-order valence-electron chi connectivity index (χ0n) is 8.39. The second-order valence-corrected chi connectivity index (χ2v) is 4.29. The van der Waals surface area contributed by atoms with Crippen LogP contribution in [0.15, 0.2) is 6.07 Å². The van der Waals surface area contributed by atoms with Crippen LogP contribution in [0.4, 0.5) is 0 Å². The number of halogens is 1. The highest BCUT2D eigenvalue weighted by atomic mass is 127. The summed E-state index contributed by atoms with van der Waals surface area (Å²) < 4.78 is 11.4. The van der Waals surface area contributed by atoms with E-state index in [4.69, 9.17) is 9.47 Å². The molecular formula is C10H10INO3. The van der Waals surface area contributed by atoms with E-state index in [0.29, 0.717) is 23.6 Å². The minimum absolute atomic E-state index is 0.0460. The first-order valence-electron chi connectivity index (χ1n) is 4.40. The van der Waals surface area contributed by atoms with Crippen molar-refractivity contribution in [3.63, 3.8) is 0 Å². The summed E-state index contributed by atoms with van der Waals surface area (Å²) >= 11 is 2.13. The first-order chi connectivity index (χ1) is 7.19. The lowest BCUT2D eigenvalue weighted by molar-refractivity contribution is 0.0965. The van der Waals surface area contributed by atoms with Crippen LogP contribution < -0.4 is 14.8 Å². The molecule has 1 aliphatic heterocycles. The van der Waals surface area contributed by atoms with E-state index in [0.717, 1.165) is 9.13 Å². The summed E-state index contributed by atoms with van der Waals surface area (Å²) in [5.41, 5.74) is 1.58. The van der Waals surface area contributed by atoms with Crippen molar-refractivity contribution in [2.45, 2.75) is 6.54 Å². The second-order valence-electron chi connectivity index (χ2n) is 3.13. The third kappa shape index (κ3) is 1.54. The molecule has 1 N–H and O–H groups in total. The van der Waals surface area contributed by atoms with E-state index in [1.54, 1.807) is 14.2 Å². The number of nitrogens with one attached hydrogen (secondary N) is 1. The normalized spacial score (nSPS) is 13.4. The number of amides is 1. The molecule has 1 aliphatic rings. The first-order valence-corrected chi connectivity index (χ1v) is 5.48. The molecule has 15 heavy (non-hydrogen) atoms. The summed E-state index contributed by atoms with van der Waals surface area (Å²) in [6.45, 7) is 0.505. The second kappa shape index (κ2) is 3.88. The van der Waals surface area contributed by atoms with E-state index in [1.807, 2.05) is 6.07 Å². The molecule has 1 aromatic carbocycles. The summed E-state index contributed by atoms with van der Waals surface area (Å²) in [5, 5.41) is 2.77. The van der Waals surface area contributed by atoms with Crippen LogP contribution in [0.1, 0.15) is 15.9 Å². The van der Waals surface area contributed by atoms with Crippen molar-refractivity contribution in [3.05, 3.63) is 20.8 Å². The van der Waals surface area contributed by atoms with Crippen molar-refractivity contribution in [2.75, 3.05) is 14.2 Å². The average Bonchev–Trinajstić information content (AvgIpc) is 2.61. The van der Waals surface area contributed by atoms with Gasteiger partial charge in [-0.3, -0.25) is 4.79 Å². The lowest BCUT2D eigenvalue weighted by Gasteiger charge is -2.12. The SMILES string of the molecule is COc1cc(I)c2c(c1OC)CNC2=O. The predicted molar refractivity (Wildman–Crippen MR) is 63.4 cm³/mol. The van der Waals surface area contributed by atoms with E-state index in [9.17, 15) is 4.79 Å². The molecule has 4 nitrogen and oxygen atoms in total. The maximum atomic E-state index is 11.5. The molecular weight excluding hydrogens is 309 g/mol. The highest BCUT2D eigenvalue weighted by Gasteiger charge is 2.27. The lowest BCUT2D eigenvalue weighted by atomic mass is 10.1. The molecule has 0 fully saturated rings. The number of benzene rings is 1. The number of fused-ring (bicyclic) bond motifs is 1. The Bertz CT molecular complexity index is 431. The standard InChI is InChI=1S/C10H10INO3/c1-14-7-3-6(11)8-5(9(7)15-2)4-12-10(8)13/h3H,4H2,1-2H3,(H,12,13). The molecule has 1 aromatic rings. The van der Waals surface area contributed by atoms with E-state index in [2.05, 4.69) is 27.9 Å². The quantitative estimate of drug-likeness (QED) is 0.842. The van der Waals surface area contributed by atoms with E-state index >= 15 is 0 Å². The minimum atomic E-state index is -0.0460. The molecule has 80 valence electrons. The van der Waals surface area contributed by atoms with Crippen LogP contribution >= 0.6 is 22.6 Å². The molecule has 5 heteroatoms. The summed E-state index contributed by atoms with van der Waals surface area (Å²) in [4.78, 5) is 11.5. The molecule has 1 amide bonds. The minimum Gasteiger partial charge on any atom is -0.493 e. The van der Waals surface area contributed by atoms with Crippen LogP contribution in [0.3, 0.4) is 0 Å². The van der Waals surface area contributed by atoms with E-state index in [1.165, 1.54) is 0 Å². The van der Waals surface area contributed by atoms with Gasteiger partial charge in [-0.2, -0.15) is 0 Å². The highest BCUT2D eigenvalue weighted by Crippen LogP contribution is 2.38. The maximum absolute atomic E-state index is 11.5. The summed E-state index contributed by atoms with van der Waals surface area (Å²) in [5.74, 6) is 1.26. The Morgan fingerprint density at radius 1 is 1.40 bits per heavy atom. The van der Waals surface area contributed by atoms with Gasteiger partial charge in [-0.1, -0.05) is 0 Å². The third-order valence-corrected chi connectivity index (χ3v) is 3.22. The van der Waals surface area contributed by atoms with Crippen molar-refractivity contribution >= 4 is 28.5 Å². The van der Waals surface area contributed by atoms with Crippen LogP contribution in [0.5, 0.6) is 11.5 Å². The summed E-state index contributed by atoms with van der Waals surface area (Å²) in [7, 11) is 3.17. The number of methoxy groups -OCH3 is 2. The summed E-state index contributed by atoms with van der Waals surface area (Å²) in [6, 6.07) is 1.81. The van der Waals surface area contributed by atoms with Gasteiger partial charge in [0.05, 0.1) is 19.8 Å². The van der Waals surface area contributed by atoms with Gasteiger partial charge in [0.25, 0.3) is 5.91 Å². The Labute approximate surface area is 101 Å². The van der Waals surface area contributed by atoms with Crippen molar-refractivity contribution in [3.8, 4) is 11.5 Å². The molecule has 0 radical (unpaired) electrons. The smallest absolute Gasteiger partial charge is 0.253 e. The molecule has 0 atom stereocenters. The Morgan fingerprint density at radius 2 is 2.13 bits per heavy atom. The lowest BCUT2D eigenvalue weighted by Crippen LogP contribution is -2.13. The predicted octanol–water partition coefficient (Wildman–Crippen LogP) is 1.55. The van der Waals surface area contributed by atoms with Gasteiger partial charge in [0.2, 0.25) is 0 Å². The fourth-order valence-corrected chi connectivity index (χ4v) is 2.56. The fourth-order valence-electron chi connectivity index (χ4n) is 1.71. The molecule has 0 aliphatic carbocycles. The van der Waals surface area contributed by atoms with Crippen molar-refractivity contribution in [1.82, 2.24) is 5.32 Å². The van der Waals surface area contributed by atoms with Gasteiger partial charge in [-0.25, -0.2) is 0 Å². The molecule has 0 bridgehead atoms. The fraction of sp³-hybridized carbons (Fsp3) is 0.300. The molecule has 0 saturated heterocycles. The molecule has 1 heterocycles. The molecule has 0 aromatic heterocycles. The van der Waals surface area contributed by atoms with E-state index in [-0.39, 0.29) is 5.91 Å². The number of carbonyl (C=O) groups excluding carboxylic acids is 1. The van der Waals surface area contributed by atoms with Gasteiger partial charge >= 0.3 is 0 Å². The topological polar surface area (TPSA) is 47.6 Å². The Hall–Kier alpha value is -0.980. The van der Waals surface area contributed by atoms with Crippen LogP contribution in [-0.4, -0.2) is 20.1 Å². The molecule has 0 unspecified atom stereocenters. The molecule has 2 rings (SSSR count). The van der Waals surface area contributed by atoms with Gasteiger partial charge in [-0.05, 0) is 28.7 Å². The monoisotopic (exact) mass is 319 g/mol. The van der Waals surface area contributed by atoms with Crippen LogP contribution in [0.2, 0.25) is 0 Å². The Kier molecular flexibility index (Phi) is 2.72. The largest absolute Gasteiger partial charge is 0.493 e. The van der Waals surface area contributed by atoms with Crippen molar-refractivity contribution in [2.24, 2.45) is 0 Å². The third-order valence-electron chi connectivity index (χ3n) is 2.37. The molecule has 0 saturated carbocycles. The summed E-state index contributed by atoms with van der Waals surface area (Å²) in [6.07, 6.45) is 0.